The molecular formula is C13H14N4OS2. The number of aliphatic imine (C=N–C) groups is 1. The average molecular weight is 306 g/mol. The zero-order chi connectivity index (χ0) is 14.1. The van der Waals surface area contributed by atoms with Crippen molar-refractivity contribution in [3.05, 3.63) is 29.7 Å². The van der Waals surface area contributed by atoms with Gasteiger partial charge < -0.3 is 4.57 Å². The van der Waals surface area contributed by atoms with E-state index in [1.54, 1.807) is 17.4 Å². The van der Waals surface area contributed by atoms with Crippen LogP contribution in [0.15, 0.2) is 34.7 Å². The maximum atomic E-state index is 12.4. The van der Waals surface area contributed by atoms with Crippen molar-refractivity contribution in [2.24, 2.45) is 4.99 Å². The molecule has 7 heteroatoms. The third-order valence-electron chi connectivity index (χ3n) is 3.33. The van der Waals surface area contributed by atoms with Gasteiger partial charge in [-0.1, -0.05) is 0 Å². The minimum atomic E-state index is -0.199. The fourth-order valence-corrected chi connectivity index (χ4v) is 3.61. The van der Waals surface area contributed by atoms with Crippen molar-refractivity contribution in [1.82, 2.24) is 14.5 Å². The highest BCUT2D eigenvalue weighted by molar-refractivity contribution is 8.04. The van der Waals surface area contributed by atoms with Gasteiger partial charge in [-0.2, -0.15) is 0 Å². The minimum Gasteiger partial charge on any atom is -0.337 e. The lowest BCUT2D eigenvalue weighted by Gasteiger charge is -2.28. The molecule has 104 valence electrons. The number of rotatable bonds is 4. The van der Waals surface area contributed by atoms with E-state index in [1.807, 2.05) is 23.1 Å². The lowest BCUT2D eigenvalue weighted by molar-refractivity contribution is -0.125. The van der Waals surface area contributed by atoms with Gasteiger partial charge in [0.25, 0.3) is 0 Å². The van der Waals surface area contributed by atoms with Crippen molar-refractivity contribution in [3.63, 3.8) is 0 Å². The first-order chi connectivity index (χ1) is 9.66. The summed E-state index contributed by atoms with van der Waals surface area (Å²) in [5, 5.41) is 2.18. The molecule has 0 N–H and O–H groups in total. The molecule has 3 rings (SSSR count). The van der Waals surface area contributed by atoms with Gasteiger partial charge in [0.2, 0.25) is 11.0 Å². The molecule has 0 aliphatic carbocycles. The normalized spacial score (nSPS) is 21.9. The van der Waals surface area contributed by atoms with Crippen LogP contribution >= 0.6 is 24.0 Å². The first-order valence-electron chi connectivity index (χ1n) is 6.39. The Balaban J connectivity index is 1.65. The summed E-state index contributed by atoms with van der Waals surface area (Å²) in [6.07, 6.45) is 6.26. The Bertz CT molecular complexity index is 606. The molecule has 0 spiro atoms. The molecule has 1 amide bonds. The number of thiocarbonyl (C=S) groups is 1. The average Bonchev–Trinajstić information content (AvgIpc) is 3.05. The molecule has 1 unspecified atom stereocenters. The van der Waals surface area contributed by atoms with Crippen LogP contribution in [0.2, 0.25) is 0 Å². The number of thioether (sulfide) groups is 1. The fraction of sp³-hybridized carbons (Fsp3) is 0.385. The first-order valence-corrected chi connectivity index (χ1v) is 7.74. The maximum absolute atomic E-state index is 12.4. The van der Waals surface area contributed by atoms with Crippen molar-refractivity contribution in [2.45, 2.75) is 25.1 Å². The number of amides is 1. The predicted octanol–water partition coefficient (Wildman–Crippen LogP) is 1.86. The van der Waals surface area contributed by atoms with E-state index in [-0.39, 0.29) is 11.2 Å². The third kappa shape index (κ3) is 2.43. The van der Waals surface area contributed by atoms with Gasteiger partial charge in [-0.25, -0.2) is 9.98 Å². The van der Waals surface area contributed by atoms with E-state index in [9.17, 15) is 4.79 Å². The lowest BCUT2D eigenvalue weighted by Crippen LogP contribution is -2.47. The van der Waals surface area contributed by atoms with E-state index in [4.69, 9.17) is 12.2 Å². The van der Waals surface area contributed by atoms with E-state index in [2.05, 4.69) is 9.98 Å². The lowest BCUT2D eigenvalue weighted by atomic mass is 10.1. The Morgan fingerprint density at radius 3 is 3.05 bits per heavy atom. The number of aromatic nitrogens is 2. The molecule has 2 aliphatic heterocycles. The number of imidazole rings is 1. The summed E-state index contributed by atoms with van der Waals surface area (Å²) in [5.41, 5.74) is 1.88. The second-order valence-electron chi connectivity index (χ2n) is 4.74. The highest BCUT2D eigenvalue weighted by Gasteiger charge is 2.38. The Morgan fingerprint density at radius 2 is 2.30 bits per heavy atom. The molecule has 2 aliphatic rings. The third-order valence-corrected chi connectivity index (χ3v) is 4.83. The highest BCUT2D eigenvalue weighted by atomic mass is 32.2. The summed E-state index contributed by atoms with van der Waals surface area (Å²) < 4.78 is 1.99. The van der Waals surface area contributed by atoms with Crippen LogP contribution in [0, 0.1) is 0 Å². The summed E-state index contributed by atoms with van der Waals surface area (Å²) in [6.45, 7) is 3.39. The molecule has 5 nitrogen and oxygen atoms in total. The smallest absolute Gasteiger partial charge is 0.248 e. The monoisotopic (exact) mass is 306 g/mol. The largest absolute Gasteiger partial charge is 0.337 e. The fourth-order valence-electron chi connectivity index (χ4n) is 2.26. The van der Waals surface area contributed by atoms with Gasteiger partial charge in [-0.05, 0) is 36.5 Å². The topological polar surface area (TPSA) is 50.5 Å². The van der Waals surface area contributed by atoms with Crippen LogP contribution in [-0.4, -0.2) is 43.0 Å². The van der Waals surface area contributed by atoms with Crippen LogP contribution in [0.5, 0.6) is 0 Å². The van der Waals surface area contributed by atoms with Crippen molar-refractivity contribution in [3.8, 4) is 0 Å². The second kappa shape index (κ2) is 5.49. The molecule has 0 radical (unpaired) electrons. The Labute approximate surface area is 126 Å². The number of carbonyl (C=O) groups is 1. The first kappa shape index (κ1) is 13.5. The molecule has 0 aromatic carbocycles. The zero-order valence-corrected chi connectivity index (χ0v) is 12.7. The molecule has 1 aromatic rings. The number of nitrogens with zero attached hydrogens (tertiary/aromatic N) is 4. The van der Waals surface area contributed by atoms with E-state index in [0.29, 0.717) is 11.7 Å². The van der Waals surface area contributed by atoms with Crippen LogP contribution in [-0.2, 0) is 11.3 Å². The minimum absolute atomic E-state index is 0.0590. The summed E-state index contributed by atoms with van der Waals surface area (Å²) in [4.78, 5) is 22.5. The van der Waals surface area contributed by atoms with Gasteiger partial charge in [-0.3, -0.25) is 9.69 Å². The number of carbonyl (C=O) groups excluding carboxylic acids is 1. The van der Waals surface area contributed by atoms with Crippen molar-refractivity contribution < 1.29 is 4.79 Å². The van der Waals surface area contributed by atoms with Gasteiger partial charge in [0, 0.05) is 25.5 Å². The number of hydrogen-bond donors (Lipinski definition) is 0. The zero-order valence-electron chi connectivity index (χ0n) is 11.0. The van der Waals surface area contributed by atoms with E-state index < -0.39 is 0 Å². The standard InChI is InChI=1S/C13H14N4OS2/c1-9-7-20-11-10(9)15-13(19)17(12(11)18)5-2-4-16-6-3-14-8-16/h3,6-8,11H,2,4-5H2,1H3. The number of allylic oxidation sites excluding steroid dienone is 1. The predicted molar refractivity (Wildman–Crippen MR) is 83.7 cm³/mol. The van der Waals surface area contributed by atoms with Crippen molar-refractivity contribution in [2.75, 3.05) is 6.54 Å². The quantitative estimate of drug-likeness (QED) is 0.797. The van der Waals surface area contributed by atoms with E-state index in [0.717, 1.165) is 24.3 Å². The van der Waals surface area contributed by atoms with Gasteiger partial charge in [0.1, 0.15) is 5.25 Å². The Morgan fingerprint density at radius 1 is 1.45 bits per heavy atom. The molecule has 1 aromatic heterocycles. The maximum Gasteiger partial charge on any atom is 0.248 e. The molecule has 1 atom stereocenters. The van der Waals surface area contributed by atoms with E-state index in [1.165, 1.54) is 11.8 Å². The van der Waals surface area contributed by atoms with Crippen LogP contribution < -0.4 is 0 Å². The molecule has 0 saturated heterocycles. The molecule has 0 saturated carbocycles. The van der Waals surface area contributed by atoms with Crippen molar-refractivity contribution in [1.29, 1.82) is 0 Å². The molecular weight excluding hydrogens is 292 g/mol. The van der Waals surface area contributed by atoms with Crippen LogP contribution in [0.25, 0.3) is 0 Å². The molecule has 0 fully saturated rings. The Kier molecular flexibility index (Phi) is 3.71. The molecule has 20 heavy (non-hydrogen) atoms. The van der Waals surface area contributed by atoms with Crippen molar-refractivity contribution >= 4 is 40.7 Å². The molecule has 0 bridgehead atoms. The van der Waals surface area contributed by atoms with Crippen LogP contribution in [0.1, 0.15) is 13.3 Å². The number of aryl methyl sites for hydroxylation is 1. The summed E-state index contributed by atoms with van der Waals surface area (Å²) in [5.74, 6) is 0.0590. The number of fused-ring (bicyclic) bond motifs is 1. The van der Waals surface area contributed by atoms with Gasteiger partial charge in [0.05, 0.1) is 12.0 Å². The summed E-state index contributed by atoms with van der Waals surface area (Å²) in [7, 11) is 0. The molecule has 3 heterocycles. The van der Waals surface area contributed by atoms with Gasteiger partial charge in [0.15, 0.2) is 0 Å². The highest BCUT2D eigenvalue weighted by Crippen LogP contribution is 2.32. The summed E-state index contributed by atoms with van der Waals surface area (Å²) in [6, 6.07) is 0. The van der Waals surface area contributed by atoms with Crippen LogP contribution in [0.3, 0.4) is 0 Å². The number of hydrogen-bond acceptors (Lipinski definition) is 4. The summed E-state index contributed by atoms with van der Waals surface area (Å²) >= 11 is 6.78. The SMILES string of the molecule is CC1=CSC2C(=O)N(CCCn3ccnc3)C(=S)N=C12. The van der Waals surface area contributed by atoms with Gasteiger partial charge in [-0.15, -0.1) is 11.8 Å². The van der Waals surface area contributed by atoms with Gasteiger partial charge >= 0.3 is 0 Å². The van der Waals surface area contributed by atoms with Crippen LogP contribution in [0.4, 0.5) is 0 Å². The Hall–Kier alpha value is -1.47. The second-order valence-corrected chi connectivity index (χ2v) is 6.08. The van der Waals surface area contributed by atoms with E-state index >= 15 is 0 Å².